The number of piperidine rings is 1. The fourth-order valence-electron chi connectivity index (χ4n) is 4.87. The number of para-hydroxylation sites is 2. The fourth-order valence-corrected chi connectivity index (χ4v) is 4.87. The van der Waals surface area contributed by atoms with E-state index in [2.05, 4.69) is 0 Å². The first-order valence-electron chi connectivity index (χ1n) is 11.3. The molecule has 1 amide bonds. The number of hydrogen-bond donors (Lipinski definition) is 0. The third kappa shape index (κ3) is 3.94. The van der Waals surface area contributed by atoms with Gasteiger partial charge in [-0.2, -0.15) is 0 Å². The van der Waals surface area contributed by atoms with E-state index in [-0.39, 0.29) is 17.4 Å². The number of hydrogen-bond acceptors (Lipinski definition) is 4. The Morgan fingerprint density at radius 1 is 0.935 bits per heavy atom. The van der Waals surface area contributed by atoms with Gasteiger partial charge >= 0.3 is 0 Å². The average Bonchev–Trinajstić information content (AvgIpc) is 3.36. The molecule has 0 N–H and O–H groups in total. The van der Waals surface area contributed by atoms with E-state index in [4.69, 9.17) is 4.98 Å². The van der Waals surface area contributed by atoms with Crippen molar-refractivity contribution in [1.29, 1.82) is 0 Å². The summed E-state index contributed by atoms with van der Waals surface area (Å²) in [7, 11) is 0. The van der Waals surface area contributed by atoms with Crippen molar-refractivity contribution < 1.29 is 4.79 Å². The van der Waals surface area contributed by atoms with Gasteiger partial charge < -0.3 is 9.80 Å². The highest BCUT2D eigenvalue weighted by Gasteiger charge is 2.32. The fraction of sp³-hybridized carbons (Fsp3) is 0.400. The number of benzene rings is 2. The third-order valence-corrected chi connectivity index (χ3v) is 6.51. The minimum atomic E-state index is -0.0863. The van der Waals surface area contributed by atoms with Gasteiger partial charge in [-0.1, -0.05) is 42.5 Å². The Hall–Kier alpha value is -3.15. The van der Waals surface area contributed by atoms with Gasteiger partial charge in [-0.25, -0.2) is 4.98 Å². The van der Waals surface area contributed by atoms with Crippen molar-refractivity contribution in [2.45, 2.75) is 32.2 Å². The summed E-state index contributed by atoms with van der Waals surface area (Å²) < 4.78 is 1.82. The quantitative estimate of drug-likeness (QED) is 0.655. The zero-order valence-corrected chi connectivity index (χ0v) is 17.7. The summed E-state index contributed by atoms with van der Waals surface area (Å²) in [6.45, 7) is 3.57. The lowest BCUT2D eigenvalue weighted by Gasteiger charge is -2.34. The molecule has 1 atom stereocenters. The van der Waals surface area contributed by atoms with Crippen molar-refractivity contribution in [2.24, 2.45) is 5.92 Å². The zero-order chi connectivity index (χ0) is 21.2. The average molecular weight is 417 g/mol. The summed E-state index contributed by atoms with van der Waals surface area (Å²) in [4.78, 5) is 35.4. The van der Waals surface area contributed by atoms with Gasteiger partial charge in [0.15, 0.2) is 5.82 Å². The maximum absolute atomic E-state index is 13.6. The van der Waals surface area contributed by atoms with Crippen LogP contribution < -0.4 is 10.5 Å². The number of amides is 1. The third-order valence-electron chi connectivity index (χ3n) is 6.51. The van der Waals surface area contributed by atoms with Gasteiger partial charge in [0.25, 0.3) is 5.56 Å². The van der Waals surface area contributed by atoms with Crippen LogP contribution in [0.1, 0.15) is 31.2 Å². The number of nitrogens with zero attached hydrogens (tertiary/aromatic N) is 4. The van der Waals surface area contributed by atoms with E-state index in [1.54, 1.807) is 0 Å². The Balaban J connectivity index is 1.50. The standard InChI is InChI=1S/C25H28N4O2/c30-24(27-14-6-7-15-27)20-11-8-16-28(18-20)23-25(31)29(17-19-9-2-1-3-10-19)22-13-5-4-12-21(22)26-23/h1-5,9-10,12-13,20H,6-8,11,14-18H2. The topological polar surface area (TPSA) is 58.4 Å². The number of anilines is 1. The number of rotatable bonds is 4. The first-order valence-corrected chi connectivity index (χ1v) is 11.3. The lowest BCUT2D eigenvalue weighted by Crippen LogP contribution is -2.46. The van der Waals surface area contributed by atoms with Crippen LogP contribution in [0.2, 0.25) is 0 Å². The predicted molar refractivity (Wildman–Crippen MR) is 122 cm³/mol. The van der Waals surface area contributed by atoms with Crippen LogP contribution in [0, 0.1) is 5.92 Å². The zero-order valence-electron chi connectivity index (χ0n) is 17.7. The number of carbonyl (C=O) groups excluding carboxylic acids is 1. The first kappa shape index (κ1) is 19.8. The molecule has 31 heavy (non-hydrogen) atoms. The van der Waals surface area contributed by atoms with Gasteiger partial charge in [0.2, 0.25) is 5.91 Å². The van der Waals surface area contributed by atoms with Crippen LogP contribution in [0.15, 0.2) is 59.4 Å². The maximum atomic E-state index is 13.6. The van der Waals surface area contributed by atoms with E-state index in [1.807, 2.05) is 69.0 Å². The van der Waals surface area contributed by atoms with Crippen molar-refractivity contribution >= 4 is 22.8 Å². The summed E-state index contributed by atoms with van der Waals surface area (Å²) in [5, 5.41) is 0. The summed E-state index contributed by atoms with van der Waals surface area (Å²) in [5.74, 6) is 0.656. The van der Waals surface area contributed by atoms with Crippen LogP contribution >= 0.6 is 0 Å². The van der Waals surface area contributed by atoms with Gasteiger partial charge in [0.1, 0.15) is 0 Å². The summed E-state index contributed by atoms with van der Waals surface area (Å²) in [6.07, 6.45) is 3.98. The predicted octanol–water partition coefficient (Wildman–Crippen LogP) is 3.28. The Labute approximate surface area is 182 Å². The summed E-state index contributed by atoms with van der Waals surface area (Å²) >= 11 is 0. The lowest BCUT2D eigenvalue weighted by molar-refractivity contribution is -0.134. The first-order chi connectivity index (χ1) is 15.2. The molecule has 0 radical (unpaired) electrons. The molecule has 5 rings (SSSR count). The molecule has 0 bridgehead atoms. The highest BCUT2D eigenvalue weighted by molar-refractivity contribution is 5.80. The molecule has 0 aliphatic carbocycles. The molecule has 2 aliphatic rings. The molecule has 2 saturated heterocycles. The molecule has 160 valence electrons. The summed E-state index contributed by atoms with van der Waals surface area (Å²) in [6, 6.07) is 17.8. The molecule has 1 aromatic heterocycles. The second kappa shape index (κ2) is 8.53. The number of likely N-dealkylation sites (tertiary alicyclic amines) is 1. The normalized spacial score (nSPS) is 19.2. The molecule has 6 heteroatoms. The van der Waals surface area contributed by atoms with Gasteiger partial charge in [-0.15, -0.1) is 0 Å². The largest absolute Gasteiger partial charge is 0.351 e. The second-order valence-corrected chi connectivity index (χ2v) is 8.62. The highest BCUT2D eigenvalue weighted by Crippen LogP contribution is 2.24. The van der Waals surface area contributed by atoms with Crippen molar-refractivity contribution in [3.63, 3.8) is 0 Å². The Morgan fingerprint density at radius 2 is 1.68 bits per heavy atom. The van der Waals surface area contributed by atoms with Crippen molar-refractivity contribution in [1.82, 2.24) is 14.5 Å². The molecule has 2 aromatic carbocycles. The molecule has 0 saturated carbocycles. The van der Waals surface area contributed by atoms with E-state index in [0.717, 1.165) is 61.9 Å². The van der Waals surface area contributed by atoms with E-state index in [9.17, 15) is 9.59 Å². The van der Waals surface area contributed by atoms with Crippen LogP contribution in [-0.4, -0.2) is 46.5 Å². The highest BCUT2D eigenvalue weighted by atomic mass is 16.2. The lowest BCUT2D eigenvalue weighted by atomic mass is 9.96. The molecular weight excluding hydrogens is 388 g/mol. The van der Waals surface area contributed by atoms with Crippen molar-refractivity contribution in [3.05, 3.63) is 70.5 Å². The smallest absolute Gasteiger partial charge is 0.294 e. The molecular formula is C25H28N4O2. The number of aromatic nitrogens is 2. The molecule has 0 spiro atoms. The van der Waals surface area contributed by atoms with Gasteiger partial charge in [0.05, 0.1) is 23.5 Å². The van der Waals surface area contributed by atoms with Crippen molar-refractivity contribution in [3.8, 4) is 0 Å². The Morgan fingerprint density at radius 3 is 2.48 bits per heavy atom. The number of carbonyl (C=O) groups is 1. The Kier molecular flexibility index (Phi) is 5.45. The SMILES string of the molecule is O=C(C1CCCN(c2nc3ccccc3n(Cc3ccccc3)c2=O)C1)N1CCCC1. The summed E-state index contributed by atoms with van der Waals surface area (Å²) in [5.41, 5.74) is 2.63. The van der Waals surface area contributed by atoms with E-state index in [1.165, 1.54) is 0 Å². The van der Waals surface area contributed by atoms with E-state index in [0.29, 0.717) is 18.9 Å². The Bertz CT molecular complexity index is 1140. The second-order valence-electron chi connectivity index (χ2n) is 8.62. The van der Waals surface area contributed by atoms with E-state index < -0.39 is 0 Å². The van der Waals surface area contributed by atoms with Crippen LogP contribution in [0.25, 0.3) is 11.0 Å². The van der Waals surface area contributed by atoms with Crippen molar-refractivity contribution in [2.75, 3.05) is 31.1 Å². The van der Waals surface area contributed by atoms with Gasteiger partial charge in [-0.05, 0) is 43.4 Å². The minimum Gasteiger partial charge on any atom is -0.351 e. The van der Waals surface area contributed by atoms with Crippen LogP contribution in [0.3, 0.4) is 0 Å². The minimum absolute atomic E-state index is 0.0536. The molecule has 6 nitrogen and oxygen atoms in total. The maximum Gasteiger partial charge on any atom is 0.294 e. The molecule has 3 heterocycles. The molecule has 3 aromatic rings. The van der Waals surface area contributed by atoms with E-state index >= 15 is 0 Å². The van der Waals surface area contributed by atoms with Crippen LogP contribution in [-0.2, 0) is 11.3 Å². The molecule has 2 fully saturated rings. The molecule has 1 unspecified atom stereocenters. The van der Waals surface area contributed by atoms with Crippen LogP contribution in [0.4, 0.5) is 5.82 Å². The number of fused-ring (bicyclic) bond motifs is 1. The van der Waals surface area contributed by atoms with Gasteiger partial charge in [0, 0.05) is 26.2 Å². The van der Waals surface area contributed by atoms with Crippen LogP contribution in [0.5, 0.6) is 0 Å². The molecule has 2 aliphatic heterocycles. The monoisotopic (exact) mass is 416 g/mol. The van der Waals surface area contributed by atoms with Gasteiger partial charge in [-0.3, -0.25) is 14.2 Å².